The molecule has 1 rings (SSSR count). The zero-order valence-electron chi connectivity index (χ0n) is 11.0. The summed E-state index contributed by atoms with van der Waals surface area (Å²) in [5.74, 6) is -0.846. The largest absolute Gasteiger partial charge is 0.481 e. The molecule has 98 valence electrons. The quantitative estimate of drug-likeness (QED) is 0.776. The molecule has 1 fully saturated rings. The lowest BCUT2D eigenvalue weighted by molar-refractivity contribution is -0.159. The van der Waals surface area contributed by atoms with Crippen molar-refractivity contribution < 1.29 is 14.7 Å². The van der Waals surface area contributed by atoms with Gasteiger partial charge in [-0.05, 0) is 26.2 Å². The van der Waals surface area contributed by atoms with Crippen molar-refractivity contribution in [1.82, 2.24) is 4.90 Å². The van der Waals surface area contributed by atoms with E-state index in [1.807, 2.05) is 6.92 Å². The summed E-state index contributed by atoms with van der Waals surface area (Å²) in [7, 11) is 1.77. The van der Waals surface area contributed by atoms with Gasteiger partial charge in [-0.15, -0.1) is 0 Å². The number of aliphatic carboxylic acids is 1. The van der Waals surface area contributed by atoms with Crippen LogP contribution in [-0.2, 0) is 9.59 Å². The first-order valence-corrected chi connectivity index (χ1v) is 6.42. The van der Waals surface area contributed by atoms with Gasteiger partial charge in [-0.3, -0.25) is 9.59 Å². The molecule has 0 aliphatic heterocycles. The monoisotopic (exact) mass is 241 g/mol. The van der Waals surface area contributed by atoms with Crippen molar-refractivity contribution >= 4 is 11.9 Å². The lowest BCUT2D eigenvalue weighted by atomic mass is 9.66. The highest BCUT2D eigenvalue weighted by atomic mass is 16.4. The van der Waals surface area contributed by atoms with Crippen LogP contribution in [0.2, 0.25) is 0 Å². The first-order chi connectivity index (χ1) is 7.93. The molecule has 1 aliphatic rings. The molecule has 4 heteroatoms. The third-order valence-corrected chi connectivity index (χ3v) is 4.01. The molecule has 17 heavy (non-hydrogen) atoms. The van der Waals surface area contributed by atoms with Crippen molar-refractivity contribution in [2.75, 3.05) is 7.05 Å². The third-order valence-electron chi connectivity index (χ3n) is 4.01. The van der Waals surface area contributed by atoms with E-state index >= 15 is 0 Å². The molecule has 1 saturated carbocycles. The van der Waals surface area contributed by atoms with Crippen LogP contribution < -0.4 is 0 Å². The van der Waals surface area contributed by atoms with Crippen LogP contribution in [0.15, 0.2) is 0 Å². The Morgan fingerprint density at radius 3 is 2.35 bits per heavy atom. The van der Waals surface area contributed by atoms with E-state index in [1.54, 1.807) is 11.9 Å². The van der Waals surface area contributed by atoms with E-state index in [2.05, 4.69) is 6.92 Å². The Kier molecular flexibility index (Phi) is 4.54. The smallest absolute Gasteiger partial charge is 0.310 e. The Morgan fingerprint density at radius 2 is 2.00 bits per heavy atom. The Labute approximate surface area is 103 Å². The molecular weight excluding hydrogens is 218 g/mol. The van der Waals surface area contributed by atoms with Crippen molar-refractivity contribution in [3.05, 3.63) is 0 Å². The van der Waals surface area contributed by atoms with Crippen LogP contribution in [0, 0.1) is 5.41 Å². The Bertz CT molecular complexity index is 297. The van der Waals surface area contributed by atoms with Crippen molar-refractivity contribution in [3.63, 3.8) is 0 Å². The van der Waals surface area contributed by atoms with Crippen LogP contribution in [-0.4, -0.2) is 35.0 Å². The minimum atomic E-state index is -0.811. The normalized spacial score (nSPS) is 19.2. The van der Waals surface area contributed by atoms with Crippen LogP contribution in [0.25, 0.3) is 0 Å². The van der Waals surface area contributed by atoms with Crippen molar-refractivity contribution in [3.8, 4) is 0 Å². The van der Waals surface area contributed by atoms with Gasteiger partial charge in [0.15, 0.2) is 0 Å². The maximum atomic E-state index is 12.0. The minimum Gasteiger partial charge on any atom is -0.481 e. The lowest BCUT2D eigenvalue weighted by Gasteiger charge is -2.38. The van der Waals surface area contributed by atoms with Gasteiger partial charge in [0.1, 0.15) is 0 Å². The molecule has 1 N–H and O–H groups in total. The summed E-state index contributed by atoms with van der Waals surface area (Å²) in [6.07, 6.45) is 4.36. The van der Waals surface area contributed by atoms with Crippen LogP contribution in [0.3, 0.4) is 0 Å². The Hall–Kier alpha value is -1.06. The lowest BCUT2D eigenvalue weighted by Crippen LogP contribution is -2.44. The summed E-state index contributed by atoms with van der Waals surface area (Å²) in [5.41, 5.74) is -0.767. The standard InChI is InChI=1S/C13H23NO3/c1-4-6-10(2)14(3)11(15)9-13(12(16)17)7-5-8-13/h10H,4-9H2,1-3H3,(H,16,17). The molecule has 1 unspecified atom stereocenters. The number of hydrogen-bond acceptors (Lipinski definition) is 2. The SMILES string of the molecule is CCCC(C)N(C)C(=O)CC1(C(=O)O)CCC1. The third kappa shape index (κ3) is 2.99. The summed E-state index contributed by atoms with van der Waals surface area (Å²) in [5, 5.41) is 9.19. The number of hydrogen-bond donors (Lipinski definition) is 1. The van der Waals surface area contributed by atoms with Gasteiger partial charge in [0, 0.05) is 19.5 Å². The highest BCUT2D eigenvalue weighted by molar-refractivity contribution is 5.85. The number of carboxylic acids is 1. The van der Waals surface area contributed by atoms with Gasteiger partial charge in [-0.25, -0.2) is 0 Å². The molecule has 1 amide bonds. The second-order valence-electron chi connectivity index (χ2n) is 5.26. The van der Waals surface area contributed by atoms with E-state index < -0.39 is 11.4 Å². The second-order valence-corrected chi connectivity index (χ2v) is 5.26. The number of amides is 1. The van der Waals surface area contributed by atoms with Gasteiger partial charge < -0.3 is 10.0 Å². The number of carbonyl (C=O) groups is 2. The van der Waals surface area contributed by atoms with Gasteiger partial charge in [-0.1, -0.05) is 19.8 Å². The zero-order valence-corrected chi connectivity index (χ0v) is 11.0. The highest BCUT2D eigenvalue weighted by Gasteiger charge is 2.46. The molecule has 0 spiro atoms. The molecule has 0 aromatic rings. The van der Waals surface area contributed by atoms with Crippen LogP contribution in [0.5, 0.6) is 0 Å². The molecule has 0 radical (unpaired) electrons. The maximum absolute atomic E-state index is 12.0. The van der Waals surface area contributed by atoms with Gasteiger partial charge in [0.25, 0.3) is 0 Å². The first-order valence-electron chi connectivity index (χ1n) is 6.42. The van der Waals surface area contributed by atoms with E-state index in [1.165, 1.54) is 0 Å². The van der Waals surface area contributed by atoms with E-state index in [9.17, 15) is 14.7 Å². The second kappa shape index (κ2) is 5.52. The number of nitrogens with zero attached hydrogens (tertiary/aromatic N) is 1. The molecule has 0 heterocycles. The maximum Gasteiger partial charge on any atom is 0.310 e. The van der Waals surface area contributed by atoms with E-state index in [4.69, 9.17) is 0 Å². The van der Waals surface area contributed by atoms with Gasteiger partial charge in [-0.2, -0.15) is 0 Å². The molecule has 0 aromatic carbocycles. The number of rotatable bonds is 6. The molecule has 0 bridgehead atoms. The average Bonchev–Trinajstić information content (AvgIpc) is 2.21. The molecule has 1 atom stereocenters. The van der Waals surface area contributed by atoms with Gasteiger partial charge in [0.05, 0.1) is 5.41 Å². The fourth-order valence-electron chi connectivity index (χ4n) is 2.34. The summed E-state index contributed by atoms with van der Waals surface area (Å²) in [4.78, 5) is 24.9. The minimum absolute atomic E-state index is 0.0342. The number of carboxylic acid groups (broad SMARTS) is 1. The highest BCUT2D eigenvalue weighted by Crippen LogP contribution is 2.44. The zero-order chi connectivity index (χ0) is 13.1. The summed E-state index contributed by atoms with van der Waals surface area (Å²) in [6.45, 7) is 4.09. The predicted molar refractivity (Wildman–Crippen MR) is 65.7 cm³/mol. The Balaban J connectivity index is 2.56. The summed E-state index contributed by atoms with van der Waals surface area (Å²) >= 11 is 0. The average molecular weight is 241 g/mol. The molecule has 0 saturated heterocycles. The summed E-state index contributed by atoms with van der Waals surface area (Å²) in [6, 6.07) is 0.193. The van der Waals surface area contributed by atoms with Crippen LogP contribution in [0.4, 0.5) is 0 Å². The van der Waals surface area contributed by atoms with Crippen molar-refractivity contribution in [1.29, 1.82) is 0 Å². The van der Waals surface area contributed by atoms with Gasteiger partial charge in [0.2, 0.25) is 5.91 Å². The van der Waals surface area contributed by atoms with Gasteiger partial charge >= 0.3 is 5.97 Å². The molecule has 0 aromatic heterocycles. The van der Waals surface area contributed by atoms with Crippen LogP contribution >= 0.6 is 0 Å². The van der Waals surface area contributed by atoms with E-state index in [-0.39, 0.29) is 18.4 Å². The molecule has 1 aliphatic carbocycles. The van der Waals surface area contributed by atoms with Crippen LogP contribution in [0.1, 0.15) is 52.4 Å². The van der Waals surface area contributed by atoms with Crippen molar-refractivity contribution in [2.45, 2.75) is 58.4 Å². The topological polar surface area (TPSA) is 57.6 Å². The molecular formula is C13H23NO3. The molecule has 4 nitrogen and oxygen atoms in total. The predicted octanol–water partition coefficient (Wildman–Crippen LogP) is 2.28. The van der Waals surface area contributed by atoms with E-state index in [0.29, 0.717) is 12.8 Å². The number of carbonyl (C=O) groups excluding carboxylic acids is 1. The first kappa shape index (κ1) is 14.0. The Morgan fingerprint density at radius 1 is 1.41 bits per heavy atom. The fourth-order valence-corrected chi connectivity index (χ4v) is 2.34. The van der Waals surface area contributed by atoms with Crippen molar-refractivity contribution in [2.24, 2.45) is 5.41 Å². The summed E-state index contributed by atoms with van der Waals surface area (Å²) < 4.78 is 0. The van der Waals surface area contributed by atoms with E-state index in [0.717, 1.165) is 19.3 Å². The fraction of sp³-hybridized carbons (Fsp3) is 0.846.